The van der Waals surface area contributed by atoms with Gasteiger partial charge in [0.2, 0.25) is 0 Å². The highest BCUT2D eigenvalue weighted by atomic mass is 35.5. The minimum atomic E-state index is -0.693. The van der Waals surface area contributed by atoms with Gasteiger partial charge in [0.15, 0.2) is 0 Å². The van der Waals surface area contributed by atoms with Crippen molar-refractivity contribution in [3.8, 4) is 0 Å². The second-order valence-corrected chi connectivity index (χ2v) is 5.67. The van der Waals surface area contributed by atoms with Crippen molar-refractivity contribution < 1.29 is 14.8 Å². The van der Waals surface area contributed by atoms with Crippen LogP contribution in [0, 0.1) is 15.5 Å². The van der Waals surface area contributed by atoms with E-state index < -0.39 is 16.5 Å². The first-order chi connectivity index (χ1) is 9.38. The lowest BCUT2D eigenvalue weighted by Crippen LogP contribution is -2.31. The number of rotatable bonds is 5. The van der Waals surface area contributed by atoms with Crippen LogP contribution in [0.15, 0.2) is 12.1 Å². The van der Waals surface area contributed by atoms with Crippen LogP contribution in [0.3, 0.4) is 0 Å². The van der Waals surface area contributed by atoms with Gasteiger partial charge in [0, 0.05) is 23.6 Å². The van der Waals surface area contributed by atoms with Crippen LogP contribution in [-0.4, -0.2) is 29.1 Å². The van der Waals surface area contributed by atoms with E-state index in [4.69, 9.17) is 28.3 Å². The van der Waals surface area contributed by atoms with Gasteiger partial charge in [0.05, 0.1) is 16.6 Å². The van der Waals surface area contributed by atoms with Crippen molar-refractivity contribution >= 4 is 34.8 Å². The van der Waals surface area contributed by atoms with Crippen LogP contribution in [0.1, 0.15) is 23.2 Å². The Hall–Kier alpha value is -1.37. The van der Waals surface area contributed by atoms with Gasteiger partial charge in [-0.25, -0.2) is 0 Å². The molecule has 1 aromatic carbocycles. The number of aliphatic hydroxyl groups is 1. The van der Waals surface area contributed by atoms with Crippen LogP contribution in [0.4, 0.5) is 5.69 Å². The number of benzene rings is 1. The maximum atomic E-state index is 12.0. The van der Waals surface area contributed by atoms with Crippen LogP contribution in [0.25, 0.3) is 0 Å². The minimum absolute atomic E-state index is 0.00873. The third kappa shape index (κ3) is 3.03. The molecular formula is C12H12Cl2N2O4. The first-order valence-corrected chi connectivity index (χ1v) is 6.67. The molecule has 1 aliphatic carbocycles. The molecule has 108 valence electrons. The fourth-order valence-corrected chi connectivity index (χ4v) is 2.17. The summed E-state index contributed by atoms with van der Waals surface area (Å²) >= 11 is 11.5. The van der Waals surface area contributed by atoms with Gasteiger partial charge < -0.3 is 10.4 Å². The average Bonchev–Trinajstić information content (AvgIpc) is 3.19. The average molecular weight is 319 g/mol. The Morgan fingerprint density at radius 3 is 2.60 bits per heavy atom. The first-order valence-electron chi connectivity index (χ1n) is 5.91. The van der Waals surface area contributed by atoms with Gasteiger partial charge in [0.1, 0.15) is 5.02 Å². The molecule has 0 atom stereocenters. The fourth-order valence-electron chi connectivity index (χ4n) is 1.78. The molecule has 0 heterocycles. The minimum Gasteiger partial charge on any atom is -0.396 e. The van der Waals surface area contributed by atoms with Crippen molar-refractivity contribution in [1.29, 1.82) is 0 Å². The molecule has 0 bridgehead atoms. The first kappa shape index (κ1) is 15.0. The van der Waals surface area contributed by atoms with Gasteiger partial charge in [-0.3, -0.25) is 14.9 Å². The van der Waals surface area contributed by atoms with Crippen molar-refractivity contribution in [3.63, 3.8) is 0 Å². The highest BCUT2D eigenvalue weighted by Gasteiger charge is 2.42. The predicted octanol–water partition coefficient (Wildman–Crippen LogP) is 2.40. The summed E-state index contributed by atoms with van der Waals surface area (Å²) < 4.78 is 0. The molecule has 1 aliphatic rings. The summed E-state index contributed by atoms with van der Waals surface area (Å²) in [5.41, 5.74) is -0.579. The van der Waals surface area contributed by atoms with E-state index in [1.165, 1.54) is 6.07 Å². The molecule has 1 aromatic rings. The topological polar surface area (TPSA) is 92.5 Å². The second kappa shape index (κ2) is 5.55. The molecule has 0 saturated heterocycles. The normalized spacial score (nSPS) is 15.8. The zero-order chi connectivity index (χ0) is 14.9. The lowest BCUT2D eigenvalue weighted by molar-refractivity contribution is -0.384. The van der Waals surface area contributed by atoms with Crippen molar-refractivity contribution in [2.24, 2.45) is 5.41 Å². The smallest absolute Gasteiger partial charge is 0.290 e. The second-order valence-electron chi connectivity index (χ2n) is 4.89. The summed E-state index contributed by atoms with van der Waals surface area (Å²) in [7, 11) is 0. The van der Waals surface area contributed by atoms with Gasteiger partial charge in [-0.15, -0.1) is 0 Å². The molecule has 0 aliphatic heterocycles. The van der Waals surface area contributed by atoms with E-state index in [0.29, 0.717) is 6.54 Å². The van der Waals surface area contributed by atoms with Gasteiger partial charge in [-0.2, -0.15) is 0 Å². The number of halogens is 2. The van der Waals surface area contributed by atoms with E-state index in [1.807, 2.05) is 0 Å². The number of amides is 1. The number of nitrogens with zero attached hydrogens (tertiary/aromatic N) is 1. The molecule has 2 rings (SSSR count). The number of nitrogens with one attached hydrogen (secondary N) is 1. The Kier molecular flexibility index (Phi) is 4.17. The molecule has 20 heavy (non-hydrogen) atoms. The largest absolute Gasteiger partial charge is 0.396 e. The molecule has 0 unspecified atom stereocenters. The maximum Gasteiger partial charge on any atom is 0.290 e. The van der Waals surface area contributed by atoms with Crippen LogP contribution in [0.2, 0.25) is 10.0 Å². The molecule has 2 N–H and O–H groups in total. The number of nitro groups is 1. The van der Waals surface area contributed by atoms with Crippen molar-refractivity contribution in [2.45, 2.75) is 12.8 Å². The monoisotopic (exact) mass is 318 g/mol. The highest BCUT2D eigenvalue weighted by Crippen LogP contribution is 2.44. The van der Waals surface area contributed by atoms with E-state index in [0.717, 1.165) is 18.9 Å². The summed E-state index contributed by atoms with van der Waals surface area (Å²) in [4.78, 5) is 22.1. The van der Waals surface area contributed by atoms with Crippen molar-refractivity contribution in [1.82, 2.24) is 5.32 Å². The molecule has 0 aromatic heterocycles. The highest BCUT2D eigenvalue weighted by molar-refractivity contribution is 6.43. The van der Waals surface area contributed by atoms with Crippen molar-refractivity contribution in [3.05, 3.63) is 37.9 Å². The molecule has 0 radical (unpaired) electrons. The Balaban J connectivity index is 2.15. The Bertz CT molecular complexity index is 573. The van der Waals surface area contributed by atoms with E-state index in [1.54, 1.807) is 0 Å². The van der Waals surface area contributed by atoms with Crippen molar-refractivity contribution in [2.75, 3.05) is 13.2 Å². The Morgan fingerprint density at radius 2 is 2.10 bits per heavy atom. The number of nitro benzene ring substituents is 1. The maximum absolute atomic E-state index is 12.0. The lowest BCUT2D eigenvalue weighted by Gasteiger charge is -2.13. The van der Waals surface area contributed by atoms with E-state index in [-0.39, 0.29) is 27.6 Å². The number of carbonyl (C=O) groups is 1. The Morgan fingerprint density at radius 1 is 1.45 bits per heavy atom. The molecule has 1 fully saturated rings. The zero-order valence-electron chi connectivity index (χ0n) is 10.4. The molecule has 1 amide bonds. The van der Waals surface area contributed by atoms with Gasteiger partial charge >= 0.3 is 0 Å². The number of hydrogen-bond donors (Lipinski definition) is 2. The molecule has 0 spiro atoms. The Labute approximate surface area is 124 Å². The van der Waals surface area contributed by atoms with Crippen LogP contribution in [0.5, 0.6) is 0 Å². The van der Waals surface area contributed by atoms with Gasteiger partial charge in [-0.1, -0.05) is 23.2 Å². The molecule has 8 heteroatoms. The third-order valence-corrected chi connectivity index (χ3v) is 4.18. The predicted molar refractivity (Wildman–Crippen MR) is 74.2 cm³/mol. The number of aliphatic hydroxyl groups excluding tert-OH is 1. The SMILES string of the molecule is O=C(NCC1(CO)CC1)c1cc(Cl)c(Cl)c([N+](=O)[O-])c1. The van der Waals surface area contributed by atoms with E-state index >= 15 is 0 Å². The number of hydrogen-bond acceptors (Lipinski definition) is 4. The summed E-state index contributed by atoms with van der Waals surface area (Å²) in [6.45, 7) is 0.338. The summed E-state index contributed by atoms with van der Waals surface area (Å²) in [6.07, 6.45) is 1.70. The third-order valence-electron chi connectivity index (χ3n) is 3.38. The standard InChI is InChI=1S/C12H12Cl2N2O4/c13-8-3-7(4-9(10(8)14)16(19)20)11(18)15-5-12(6-17)1-2-12/h3-4,17H,1-2,5-6H2,(H,15,18). The van der Waals surface area contributed by atoms with Crippen LogP contribution < -0.4 is 5.32 Å². The molecular weight excluding hydrogens is 307 g/mol. The summed E-state index contributed by atoms with van der Waals surface area (Å²) in [5.74, 6) is -0.480. The van der Waals surface area contributed by atoms with Crippen LogP contribution >= 0.6 is 23.2 Å². The van der Waals surface area contributed by atoms with Crippen LogP contribution in [-0.2, 0) is 0 Å². The van der Waals surface area contributed by atoms with Gasteiger partial charge in [-0.05, 0) is 18.9 Å². The van der Waals surface area contributed by atoms with Gasteiger partial charge in [0.25, 0.3) is 11.6 Å². The van der Waals surface area contributed by atoms with E-state index in [2.05, 4.69) is 5.32 Å². The zero-order valence-corrected chi connectivity index (χ0v) is 11.9. The fraction of sp³-hybridized carbons (Fsp3) is 0.417. The molecule has 6 nitrogen and oxygen atoms in total. The summed E-state index contributed by atoms with van der Waals surface area (Å²) in [5, 5.41) is 22.4. The molecule has 1 saturated carbocycles. The lowest BCUT2D eigenvalue weighted by atomic mass is 10.1. The quantitative estimate of drug-likeness (QED) is 0.644. The number of carbonyl (C=O) groups excluding carboxylic acids is 1. The summed E-state index contributed by atoms with van der Waals surface area (Å²) in [6, 6.07) is 2.37. The van der Waals surface area contributed by atoms with E-state index in [9.17, 15) is 14.9 Å².